The molecule has 2 amide bonds. The van der Waals surface area contributed by atoms with Crippen molar-refractivity contribution < 1.29 is 14.6 Å². The van der Waals surface area contributed by atoms with E-state index in [0.29, 0.717) is 13.1 Å². The Hall–Kier alpha value is -1.75. The molecule has 2 rings (SSSR count). The van der Waals surface area contributed by atoms with Crippen LogP contribution < -0.4 is 15.4 Å². The third kappa shape index (κ3) is 4.63. The van der Waals surface area contributed by atoms with Crippen LogP contribution in [0.3, 0.4) is 0 Å². The number of carbonyl (C=O) groups excluding carboxylic acids is 1. The van der Waals surface area contributed by atoms with Gasteiger partial charge in [-0.3, -0.25) is 0 Å². The second-order valence-corrected chi connectivity index (χ2v) is 7.12. The van der Waals surface area contributed by atoms with Crippen molar-refractivity contribution in [3.8, 4) is 5.75 Å². The number of hydrogen-bond acceptors (Lipinski definition) is 3. The summed E-state index contributed by atoms with van der Waals surface area (Å²) < 4.78 is 5.37. The topological polar surface area (TPSA) is 70.6 Å². The lowest BCUT2D eigenvalue weighted by Gasteiger charge is -2.38. The molecule has 0 saturated heterocycles. The summed E-state index contributed by atoms with van der Waals surface area (Å²) in [5.41, 5.74) is 0.860. The number of aliphatic hydroxyl groups excluding tert-OH is 1. The normalized spacial score (nSPS) is 24.9. The van der Waals surface area contributed by atoms with Gasteiger partial charge in [0.2, 0.25) is 0 Å². The maximum Gasteiger partial charge on any atom is 0.314 e. The summed E-state index contributed by atoms with van der Waals surface area (Å²) in [6, 6.07) is 7.67. The number of benzene rings is 1. The Kier molecular flexibility index (Phi) is 6.49. The maximum absolute atomic E-state index is 12.1. The van der Waals surface area contributed by atoms with Crippen LogP contribution in [0.4, 0.5) is 4.79 Å². The van der Waals surface area contributed by atoms with Gasteiger partial charge in [-0.05, 0) is 24.5 Å². The molecule has 1 fully saturated rings. The maximum atomic E-state index is 12.1. The van der Waals surface area contributed by atoms with E-state index >= 15 is 0 Å². The first-order valence-electron chi connectivity index (χ1n) is 8.79. The number of aliphatic hydroxyl groups is 1. The lowest BCUT2D eigenvalue weighted by molar-refractivity contribution is 0.00309. The predicted octanol–water partition coefficient (Wildman–Crippen LogP) is 3.04. The monoisotopic (exact) mass is 334 g/mol. The Balaban J connectivity index is 1.80. The SMILES string of the molecule is COc1ccccc1C(C)CNC(=O)NCC1(C)CCCCC1O. The quantitative estimate of drug-likeness (QED) is 0.749. The van der Waals surface area contributed by atoms with Gasteiger partial charge in [-0.25, -0.2) is 4.79 Å². The molecular weight excluding hydrogens is 304 g/mol. The number of carbonyl (C=O) groups is 1. The van der Waals surface area contributed by atoms with Gasteiger partial charge < -0.3 is 20.5 Å². The van der Waals surface area contributed by atoms with E-state index in [-0.39, 0.29) is 23.5 Å². The van der Waals surface area contributed by atoms with Crippen LogP contribution in [0.5, 0.6) is 5.75 Å². The average Bonchev–Trinajstić information content (AvgIpc) is 2.60. The summed E-state index contributed by atoms with van der Waals surface area (Å²) in [6.45, 7) is 5.15. The lowest BCUT2D eigenvalue weighted by atomic mass is 9.73. The van der Waals surface area contributed by atoms with Crippen molar-refractivity contribution in [2.75, 3.05) is 20.2 Å². The molecule has 5 heteroatoms. The Bertz CT molecular complexity index is 549. The number of urea groups is 1. The largest absolute Gasteiger partial charge is 0.496 e. The molecule has 1 aliphatic carbocycles. The zero-order valence-corrected chi connectivity index (χ0v) is 15.0. The summed E-state index contributed by atoms with van der Waals surface area (Å²) in [4.78, 5) is 12.1. The van der Waals surface area contributed by atoms with E-state index in [1.165, 1.54) is 0 Å². The third-order valence-electron chi connectivity index (χ3n) is 5.17. The molecule has 134 valence electrons. The Morgan fingerprint density at radius 3 is 2.83 bits per heavy atom. The van der Waals surface area contributed by atoms with E-state index in [1.807, 2.05) is 24.3 Å². The van der Waals surface area contributed by atoms with Crippen LogP contribution in [-0.4, -0.2) is 37.4 Å². The molecule has 0 aliphatic heterocycles. The van der Waals surface area contributed by atoms with E-state index in [1.54, 1.807) is 7.11 Å². The number of ether oxygens (including phenoxy) is 1. The lowest BCUT2D eigenvalue weighted by Crippen LogP contribution is -2.48. The summed E-state index contributed by atoms with van der Waals surface area (Å²) in [5.74, 6) is 0.993. The van der Waals surface area contributed by atoms with Gasteiger partial charge in [0.05, 0.1) is 13.2 Å². The second-order valence-electron chi connectivity index (χ2n) is 7.12. The number of para-hydroxylation sites is 1. The highest BCUT2D eigenvalue weighted by Gasteiger charge is 2.35. The van der Waals surface area contributed by atoms with E-state index in [9.17, 15) is 9.90 Å². The first-order valence-corrected chi connectivity index (χ1v) is 8.79. The molecule has 0 spiro atoms. The minimum absolute atomic E-state index is 0.155. The van der Waals surface area contributed by atoms with Crippen molar-refractivity contribution in [3.63, 3.8) is 0 Å². The van der Waals surface area contributed by atoms with Crippen molar-refractivity contribution in [2.24, 2.45) is 5.41 Å². The van der Waals surface area contributed by atoms with Crippen LogP contribution >= 0.6 is 0 Å². The van der Waals surface area contributed by atoms with Crippen LogP contribution in [0.2, 0.25) is 0 Å². The molecule has 5 nitrogen and oxygen atoms in total. The first kappa shape index (κ1) is 18.6. The highest BCUT2D eigenvalue weighted by Crippen LogP contribution is 2.35. The number of rotatable bonds is 6. The smallest absolute Gasteiger partial charge is 0.314 e. The third-order valence-corrected chi connectivity index (χ3v) is 5.17. The molecule has 1 aliphatic rings. The molecular formula is C19H30N2O3. The molecule has 0 radical (unpaired) electrons. The molecule has 1 saturated carbocycles. The van der Waals surface area contributed by atoms with Crippen LogP contribution in [0.15, 0.2) is 24.3 Å². The van der Waals surface area contributed by atoms with E-state index < -0.39 is 0 Å². The highest BCUT2D eigenvalue weighted by molar-refractivity contribution is 5.74. The van der Waals surface area contributed by atoms with Gasteiger partial charge in [0.25, 0.3) is 0 Å². The van der Waals surface area contributed by atoms with Crippen LogP contribution in [0.25, 0.3) is 0 Å². The van der Waals surface area contributed by atoms with Gasteiger partial charge in [0, 0.05) is 24.4 Å². The van der Waals surface area contributed by atoms with Gasteiger partial charge in [-0.2, -0.15) is 0 Å². The standard InChI is InChI=1S/C19H30N2O3/c1-14(15-8-4-5-9-16(15)24-3)12-20-18(23)21-13-19(2)11-7-6-10-17(19)22/h4-5,8-9,14,17,22H,6-7,10-13H2,1-3H3,(H2,20,21,23). The first-order chi connectivity index (χ1) is 11.5. The fourth-order valence-electron chi connectivity index (χ4n) is 3.36. The second kappa shape index (κ2) is 8.38. The van der Waals surface area contributed by atoms with Gasteiger partial charge >= 0.3 is 6.03 Å². The molecule has 3 atom stereocenters. The minimum atomic E-state index is -0.334. The molecule has 0 bridgehead atoms. The number of amides is 2. The fraction of sp³-hybridized carbons (Fsp3) is 0.632. The van der Waals surface area contributed by atoms with Gasteiger partial charge in [0.15, 0.2) is 0 Å². The van der Waals surface area contributed by atoms with Gasteiger partial charge in [-0.15, -0.1) is 0 Å². The zero-order chi connectivity index (χ0) is 17.6. The summed E-state index contributed by atoms with van der Waals surface area (Å²) in [5, 5.41) is 16.0. The number of nitrogens with one attached hydrogen (secondary N) is 2. The number of hydrogen-bond donors (Lipinski definition) is 3. The van der Waals surface area contributed by atoms with Crippen LogP contribution in [0.1, 0.15) is 51.0 Å². The Morgan fingerprint density at radius 1 is 1.38 bits per heavy atom. The van der Waals surface area contributed by atoms with Crippen molar-refractivity contribution in [3.05, 3.63) is 29.8 Å². The molecule has 3 N–H and O–H groups in total. The molecule has 24 heavy (non-hydrogen) atoms. The van der Waals surface area contributed by atoms with Crippen LogP contribution in [-0.2, 0) is 0 Å². The molecule has 0 heterocycles. The average molecular weight is 334 g/mol. The van der Waals surface area contributed by atoms with E-state index in [2.05, 4.69) is 24.5 Å². The minimum Gasteiger partial charge on any atom is -0.496 e. The van der Waals surface area contributed by atoms with Gasteiger partial charge in [0.1, 0.15) is 5.75 Å². The van der Waals surface area contributed by atoms with Crippen LogP contribution in [0, 0.1) is 5.41 Å². The van der Waals surface area contributed by atoms with Crippen molar-refractivity contribution in [1.82, 2.24) is 10.6 Å². The summed E-state index contributed by atoms with van der Waals surface area (Å²) in [6.07, 6.45) is 3.62. The zero-order valence-electron chi connectivity index (χ0n) is 15.0. The number of methoxy groups -OCH3 is 1. The molecule has 0 aromatic heterocycles. The molecule has 1 aromatic rings. The predicted molar refractivity (Wildman–Crippen MR) is 95.4 cm³/mol. The van der Waals surface area contributed by atoms with Gasteiger partial charge in [-0.1, -0.05) is 44.9 Å². The summed E-state index contributed by atoms with van der Waals surface area (Å²) >= 11 is 0. The summed E-state index contributed by atoms with van der Waals surface area (Å²) in [7, 11) is 1.65. The van der Waals surface area contributed by atoms with Crippen molar-refractivity contribution in [2.45, 2.75) is 51.6 Å². The van der Waals surface area contributed by atoms with Crippen molar-refractivity contribution >= 4 is 6.03 Å². The Labute approximate surface area is 144 Å². The highest BCUT2D eigenvalue weighted by atomic mass is 16.5. The van der Waals surface area contributed by atoms with E-state index in [0.717, 1.165) is 37.0 Å². The fourth-order valence-corrected chi connectivity index (χ4v) is 3.36. The van der Waals surface area contributed by atoms with E-state index in [4.69, 9.17) is 4.74 Å². The Morgan fingerprint density at radius 2 is 2.12 bits per heavy atom. The molecule has 3 unspecified atom stereocenters. The van der Waals surface area contributed by atoms with Crippen molar-refractivity contribution in [1.29, 1.82) is 0 Å². The molecule has 1 aromatic carbocycles.